The van der Waals surface area contributed by atoms with Crippen molar-refractivity contribution in [3.63, 3.8) is 0 Å². The molecule has 1 fully saturated rings. The van der Waals surface area contributed by atoms with Gasteiger partial charge in [0.15, 0.2) is 0 Å². The summed E-state index contributed by atoms with van der Waals surface area (Å²) in [7, 11) is -3.40. The fourth-order valence-corrected chi connectivity index (χ4v) is 4.36. The molecule has 0 atom stereocenters. The van der Waals surface area contributed by atoms with Crippen LogP contribution < -0.4 is 9.62 Å². The highest BCUT2D eigenvalue weighted by Crippen LogP contribution is 2.21. The number of benzene rings is 1. The number of hydrogen-bond donors (Lipinski definition) is 1. The predicted molar refractivity (Wildman–Crippen MR) is 112 cm³/mol. The second-order valence-electron chi connectivity index (χ2n) is 7.44. The summed E-state index contributed by atoms with van der Waals surface area (Å²) < 4.78 is 31.1. The molecule has 1 aromatic rings. The Balaban J connectivity index is 1.74. The molecule has 0 saturated carbocycles. The summed E-state index contributed by atoms with van der Waals surface area (Å²) in [5.41, 5.74) is 2.69. The quantitative estimate of drug-likeness (QED) is 0.593. The van der Waals surface area contributed by atoms with Crippen molar-refractivity contribution in [2.45, 2.75) is 33.1 Å². The fraction of sp³-hybridized carbons (Fsp3) is 0.650. The SMILES string of the molecule is Cc1cc(C)cc(N(CCCC(=O)NCCCN2CCOCC2)S(C)(=O)=O)c1. The van der Waals surface area contributed by atoms with Gasteiger partial charge in [-0.3, -0.25) is 14.0 Å². The van der Waals surface area contributed by atoms with Gasteiger partial charge in [-0.25, -0.2) is 8.42 Å². The minimum absolute atomic E-state index is 0.0316. The van der Waals surface area contributed by atoms with Crippen LogP contribution in [0.25, 0.3) is 0 Å². The monoisotopic (exact) mass is 411 g/mol. The summed E-state index contributed by atoms with van der Waals surface area (Å²) in [4.78, 5) is 14.4. The molecule has 0 spiro atoms. The highest BCUT2D eigenvalue weighted by Gasteiger charge is 2.18. The Hall–Kier alpha value is -1.64. The van der Waals surface area contributed by atoms with Gasteiger partial charge < -0.3 is 10.1 Å². The summed E-state index contributed by atoms with van der Waals surface area (Å²) in [5, 5.41) is 2.93. The van der Waals surface area contributed by atoms with Crippen LogP contribution in [0.15, 0.2) is 18.2 Å². The second kappa shape index (κ2) is 10.8. The van der Waals surface area contributed by atoms with Crippen molar-refractivity contribution in [3.8, 4) is 0 Å². The molecule has 0 bridgehead atoms. The molecule has 8 heteroatoms. The lowest BCUT2D eigenvalue weighted by molar-refractivity contribution is -0.121. The van der Waals surface area contributed by atoms with Crippen LogP contribution in [0.1, 0.15) is 30.4 Å². The van der Waals surface area contributed by atoms with Crippen LogP contribution in [0.2, 0.25) is 0 Å². The molecule has 0 radical (unpaired) electrons. The van der Waals surface area contributed by atoms with Gasteiger partial charge in [-0.2, -0.15) is 0 Å². The highest BCUT2D eigenvalue weighted by molar-refractivity contribution is 7.92. The molecule has 7 nitrogen and oxygen atoms in total. The number of aryl methyl sites for hydroxylation is 2. The normalized spacial score (nSPS) is 15.4. The van der Waals surface area contributed by atoms with Crippen LogP contribution in [-0.2, 0) is 19.6 Å². The third kappa shape index (κ3) is 7.77. The van der Waals surface area contributed by atoms with E-state index >= 15 is 0 Å². The lowest BCUT2D eigenvalue weighted by Crippen LogP contribution is -2.38. The first kappa shape index (κ1) is 22.6. The maximum Gasteiger partial charge on any atom is 0.232 e. The lowest BCUT2D eigenvalue weighted by Gasteiger charge is -2.26. The maximum absolute atomic E-state index is 12.2. The minimum atomic E-state index is -3.40. The molecule has 1 aliphatic heterocycles. The molecule has 1 heterocycles. The molecule has 1 aromatic carbocycles. The van der Waals surface area contributed by atoms with E-state index in [2.05, 4.69) is 10.2 Å². The molecule has 1 amide bonds. The van der Waals surface area contributed by atoms with Gasteiger partial charge in [-0.15, -0.1) is 0 Å². The van der Waals surface area contributed by atoms with Gasteiger partial charge in [0.1, 0.15) is 0 Å². The topological polar surface area (TPSA) is 79.0 Å². The Bertz CT molecular complexity index is 726. The van der Waals surface area contributed by atoms with Crippen molar-refractivity contribution in [1.82, 2.24) is 10.2 Å². The molecular weight excluding hydrogens is 378 g/mol. The molecule has 1 aliphatic rings. The van der Waals surface area contributed by atoms with Crippen LogP contribution in [-0.4, -0.2) is 71.4 Å². The zero-order valence-corrected chi connectivity index (χ0v) is 18.1. The number of ether oxygens (including phenoxy) is 1. The molecule has 0 unspecified atom stereocenters. The van der Waals surface area contributed by atoms with Gasteiger partial charge in [-0.1, -0.05) is 6.07 Å². The fourth-order valence-electron chi connectivity index (χ4n) is 3.41. The number of nitrogens with zero attached hydrogens (tertiary/aromatic N) is 2. The van der Waals surface area contributed by atoms with Gasteiger partial charge in [0, 0.05) is 32.6 Å². The van der Waals surface area contributed by atoms with E-state index in [-0.39, 0.29) is 5.91 Å². The number of carbonyl (C=O) groups is 1. The first-order valence-electron chi connectivity index (χ1n) is 9.88. The largest absolute Gasteiger partial charge is 0.379 e. The standard InChI is InChI=1S/C20H33N3O4S/c1-17-14-18(2)16-19(15-17)23(28(3,25)26)9-4-6-20(24)21-7-5-8-22-10-12-27-13-11-22/h14-16H,4-13H2,1-3H3,(H,21,24). The number of morpholine rings is 1. The molecule has 1 N–H and O–H groups in total. The third-order valence-electron chi connectivity index (χ3n) is 4.74. The zero-order valence-electron chi connectivity index (χ0n) is 17.2. The molecule has 28 heavy (non-hydrogen) atoms. The van der Waals surface area contributed by atoms with Crippen LogP contribution in [0.5, 0.6) is 0 Å². The Kier molecular flexibility index (Phi) is 8.72. The maximum atomic E-state index is 12.2. The van der Waals surface area contributed by atoms with E-state index in [0.29, 0.717) is 31.6 Å². The number of anilines is 1. The first-order valence-corrected chi connectivity index (χ1v) is 11.7. The molecule has 158 valence electrons. The van der Waals surface area contributed by atoms with Crippen molar-refractivity contribution in [2.75, 3.05) is 56.5 Å². The number of rotatable bonds is 10. The number of hydrogen-bond acceptors (Lipinski definition) is 5. The van der Waals surface area contributed by atoms with Crippen molar-refractivity contribution in [3.05, 3.63) is 29.3 Å². The summed E-state index contributed by atoms with van der Waals surface area (Å²) in [6.07, 6.45) is 2.91. The Morgan fingerprint density at radius 1 is 1.14 bits per heavy atom. The number of nitrogens with one attached hydrogen (secondary N) is 1. The van der Waals surface area contributed by atoms with Gasteiger partial charge >= 0.3 is 0 Å². The van der Waals surface area contributed by atoms with E-state index in [9.17, 15) is 13.2 Å². The van der Waals surface area contributed by atoms with Crippen LogP contribution in [0, 0.1) is 13.8 Å². The smallest absolute Gasteiger partial charge is 0.232 e. The number of amides is 1. The van der Waals surface area contributed by atoms with Crippen LogP contribution in [0.4, 0.5) is 5.69 Å². The van der Waals surface area contributed by atoms with Crippen molar-refractivity contribution < 1.29 is 17.9 Å². The summed E-state index contributed by atoms with van der Waals surface area (Å²) >= 11 is 0. The molecule has 2 rings (SSSR count). The van der Waals surface area contributed by atoms with Crippen LogP contribution >= 0.6 is 0 Å². The number of carbonyl (C=O) groups excluding carboxylic acids is 1. The van der Waals surface area contributed by atoms with E-state index in [0.717, 1.165) is 50.4 Å². The van der Waals surface area contributed by atoms with Gasteiger partial charge in [0.05, 0.1) is 25.2 Å². The van der Waals surface area contributed by atoms with Crippen molar-refractivity contribution >= 4 is 21.6 Å². The Morgan fingerprint density at radius 3 is 2.39 bits per heavy atom. The van der Waals surface area contributed by atoms with Gasteiger partial charge in [-0.05, 0) is 56.5 Å². The molecule has 0 aromatic heterocycles. The van der Waals surface area contributed by atoms with Crippen molar-refractivity contribution in [2.24, 2.45) is 0 Å². The number of sulfonamides is 1. The van der Waals surface area contributed by atoms with Crippen LogP contribution in [0.3, 0.4) is 0 Å². The molecule has 1 saturated heterocycles. The minimum Gasteiger partial charge on any atom is -0.379 e. The van der Waals surface area contributed by atoms with E-state index in [4.69, 9.17) is 4.74 Å². The highest BCUT2D eigenvalue weighted by atomic mass is 32.2. The van der Waals surface area contributed by atoms with E-state index in [1.807, 2.05) is 32.0 Å². The average Bonchev–Trinajstić information content (AvgIpc) is 2.61. The molecule has 0 aliphatic carbocycles. The second-order valence-corrected chi connectivity index (χ2v) is 9.35. The van der Waals surface area contributed by atoms with Gasteiger partial charge in [0.25, 0.3) is 0 Å². The van der Waals surface area contributed by atoms with E-state index < -0.39 is 10.0 Å². The van der Waals surface area contributed by atoms with E-state index in [1.165, 1.54) is 10.6 Å². The van der Waals surface area contributed by atoms with E-state index in [1.54, 1.807) is 0 Å². The summed E-state index contributed by atoms with van der Waals surface area (Å²) in [6.45, 7) is 9.25. The first-order chi connectivity index (χ1) is 13.3. The van der Waals surface area contributed by atoms with Gasteiger partial charge in [0.2, 0.25) is 15.9 Å². The lowest BCUT2D eigenvalue weighted by atomic mass is 10.1. The third-order valence-corrected chi connectivity index (χ3v) is 5.93. The Labute approximate surface area is 169 Å². The Morgan fingerprint density at radius 2 is 1.79 bits per heavy atom. The predicted octanol–water partition coefficient (Wildman–Crippen LogP) is 1.69. The summed E-state index contributed by atoms with van der Waals surface area (Å²) in [5.74, 6) is -0.0316. The molecular formula is C20H33N3O4S. The van der Waals surface area contributed by atoms with Crippen molar-refractivity contribution in [1.29, 1.82) is 0 Å². The summed E-state index contributed by atoms with van der Waals surface area (Å²) in [6, 6.07) is 5.73. The zero-order chi connectivity index (χ0) is 20.6. The average molecular weight is 412 g/mol.